The fourth-order valence-electron chi connectivity index (χ4n) is 3.31. The van der Waals surface area contributed by atoms with Crippen molar-refractivity contribution in [1.29, 1.82) is 0 Å². The molecule has 4 atom stereocenters. The molecule has 222 valence electrons. The van der Waals surface area contributed by atoms with E-state index in [1.54, 1.807) is 0 Å². The Labute approximate surface area is 236 Å². The van der Waals surface area contributed by atoms with E-state index in [1.807, 2.05) is 6.21 Å². The minimum Gasteiger partial charge on any atom is -0.456 e. The van der Waals surface area contributed by atoms with Crippen LogP contribution >= 0.6 is 0 Å². The Morgan fingerprint density at radius 2 is 0.892 bits per heavy atom. The van der Waals surface area contributed by atoms with Crippen molar-refractivity contribution in [1.82, 2.24) is 0 Å². The van der Waals surface area contributed by atoms with E-state index in [-0.39, 0.29) is 12.2 Å². The van der Waals surface area contributed by atoms with Crippen molar-refractivity contribution in [2.24, 2.45) is 5.16 Å². The van der Waals surface area contributed by atoms with E-state index in [2.05, 4.69) is 123 Å². The third-order valence-corrected chi connectivity index (χ3v) is 9.84. The third-order valence-electron chi connectivity index (χ3n) is 4.20. The van der Waals surface area contributed by atoms with Crippen LogP contribution in [0.2, 0.25) is 118 Å². The van der Waals surface area contributed by atoms with Crippen molar-refractivity contribution in [3.05, 3.63) is 0 Å². The lowest BCUT2D eigenvalue weighted by atomic mass is 10.0. The number of hydrogen-bond acceptors (Lipinski definition) is 7. The van der Waals surface area contributed by atoms with Gasteiger partial charge in [-0.2, -0.15) is 0 Å². The van der Waals surface area contributed by atoms with Gasteiger partial charge < -0.3 is 26.7 Å². The van der Waals surface area contributed by atoms with Crippen LogP contribution in [0.4, 0.5) is 0 Å². The Morgan fingerprint density at radius 3 is 1.24 bits per heavy atom. The monoisotopic (exact) mass is 627 g/mol. The molecule has 0 heterocycles. The van der Waals surface area contributed by atoms with Crippen LogP contribution in [-0.2, 0) is 26.7 Å². The van der Waals surface area contributed by atoms with Crippen molar-refractivity contribution < 1.29 is 26.7 Å². The van der Waals surface area contributed by atoms with Gasteiger partial charge in [-0.05, 0) is 118 Å². The van der Waals surface area contributed by atoms with Gasteiger partial charge in [-0.15, -0.1) is 5.16 Å². The van der Waals surface area contributed by atoms with Gasteiger partial charge in [0.25, 0.3) is 8.32 Å². The molecular formula is C24H61NO6Si6. The van der Waals surface area contributed by atoms with Crippen molar-refractivity contribution >= 4 is 56.1 Å². The van der Waals surface area contributed by atoms with Gasteiger partial charge >= 0.3 is 0 Å². The molecule has 0 saturated carbocycles. The molecule has 0 fully saturated rings. The quantitative estimate of drug-likeness (QED) is 0.0942. The Hall–Kier alpha value is 0.571. The first-order valence-corrected chi connectivity index (χ1v) is 34.1. The molecule has 0 rings (SSSR count). The van der Waals surface area contributed by atoms with E-state index >= 15 is 0 Å². The van der Waals surface area contributed by atoms with Gasteiger partial charge in [0.15, 0.2) is 41.6 Å². The second-order valence-corrected chi connectivity index (χ2v) is 42.5. The summed E-state index contributed by atoms with van der Waals surface area (Å²) in [4.78, 5) is 0. The smallest absolute Gasteiger partial charge is 0.278 e. The maximum Gasteiger partial charge on any atom is 0.278 e. The normalized spacial score (nSPS) is 18.1. The lowest BCUT2D eigenvalue weighted by Gasteiger charge is -2.45. The molecule has 0 spiro atoms. The van der Waals surface area contributed by atoms with Crippen molar-refractivity contribution in [2.75, 3.05) is 6.61 Å². The van der Waals surface area contributed by atoms with Gasteiger partial charge in [0, 0.05) is 0 Å². The minimum atomic E-state index is -2.04. The molecule has 0 aromatic rings. The van der Waals surface area contributed by atoms with E-state index in [9.17, 15) is 0 Å². The number of rotatable bonds is 17. The molecule has 4 unspecified atom stereocenters. The number of oxime groups is 1. The summed E-state index contributed by atoms with van der Waals surface area (Å²) in [6.45, 7) is 40.0. The van der Waals surface area contributed by atoms with E-state index in [0.29, 0.717) is 6.61 Å². The van der Waals surface area contributed by atoms with Crippen LogP contribution in [0.15, 0.2) is 5.16 Å². The molecule has 13 heteroatoms. The summed E-state index contributed by atoms with van der Waals surface area (Å²) >= 11 is 0. The SMILES string of the molecule is C[Si](C)(C)OCC(O[Si](C)(C)C)C(O[Si](C)(C)C)C(O[Si](C)(C)C)C(/C=N/O[Si](C)(C)C)O[Si](C)(C)C. The zero-order chi connectivity index (χ0) is 29.7. The average Bonchev–Trinajstić information content (AvgIpc) is 2.55. The van der Waals surface area contributed by atoms with E-state index in [0.717, 1.165) is 0 Å². The summed E-state index contributed by atoms with van der Waals surface area (Å²) < 4.78 is 39.9. The molecular weight excluding hydrogens is 567 g/mol. The fraction of sp³-hybridized carbons (Fsp3) is 0.958. The first-order chi connectivity index (χ1) is 16.1. The number of hydrogen-bond donors (Lipinski definition) is 0. The molecule has 0 aliphatic heterocycles. The molecule has 0 aromatic carbocycles. The van der Waals surface area contributed by atoms with Crippen molar-refractivity contribution in [3.8, 4) is 0 Å². The Bertz CT molecular complexity index is 699. The molecule has 7 nitrogen and oxygen atoms in total. The van der Waals surface area contributed by atoms with Crippen molar-refractivity contribution in [2.45, 2.75) is 142 Å². The molecule has 0 bridgehead atoms. The van der Waals surface area contributed by atoms with Crippen LogP contribution in [0.3, 0.4) is 0 Å². The van der Waals surface area contributed by atoms with Crippen LogP contribution in [0.5, 0.6) is 0 Å². The van der Waals surface area contributed by atoms with Crippen LogP contribution < -0.4 is 0 Å². The molecule has 0 aromatic heterocycles. The second-order valence-electron chi connectivity index (χ2n) is 15.7. The predicted molar refractivity (Wildman–Crippen MR) is 175 cm³/mol. The average molecular weight is 628 g/mol. The molecule has 37 heavy (non-hydrogen) atoms. The highest BCUT2D eigenvalue weighted by Crippen LogP contribution is 2.28. The predicted octanol–water partition coefficient (Wildman–Crippen LogP) is 7.56. The fourth-order valence-corrected chi connectivity index (χ4v) is 8.66. The highest BCUT2D eigenvalue weighted by Gasteiger charge is 2.44. The minimum absolute atomic E-state index is 0.273. The van der Waals surface area contributed by atoms with E-state index < -0.39 is 62.1 Å². The van der Waals surface area contributed by atoms with Crippen LogP contribution in [-0.4, -0.2) is 87.1 Å². The topological polar surface area (TPSA) is 67.7 Å². The van der Waals surface area contributed by atoms with Crippen molar-refractivity contribution in [3.63, 3.8) is 0 Å². The van der Waals surface area contributed by atoms with Gasteiger partial charge in [0.2, 0.25) is 0 Å². The summed E-state index contributed by atoms with van der Waals surface area (Å²) in [5.41, 5.74) is 0. The standard InChI is InChI=1S/C24H61NO6Si6/c1-32(2,3)26-20-22(28-34(7,8)9)24(30-36(13,14)15)23(29-35(10,11)12)21(27-33(4,5)6)19-25-31-37(16,17)18/h19,21-24H,20H2,1-18H3/b25-19+. The second kappa shape index (κ2) is 14.0. The lowest BCUT2D eigenvalue weighted by Crippen LogP contribution is -2.60. The zero-order valence-corrected chi connectivity index (χ0v) is 33.5. The van der Waals surface area contributed by atoms with Gasteiger partial charge in [0.05, 0.1) is 25.0 Å². The largest absolute Gasteiger partial charge is 0.456 e. The molecule has 0 aliphatic carbocycles. The van der Waals surface area contributed by atoms with E-state index in [1.165, 1.54) is 0 Å². The summed E-state index contributed by atoms with van der Waals surface area (Å²) in [6.07, 6.45) is 0.361. The summed E-state index contributed by atoms with van der Waals surface area (Å²) in [6, 6.07) is 0. The van der Waals surface area contributed by atoms with Gasteiger partial charge in [0.1, 0.15) is 12.2 Å². The Morgan fingerprint density at radius 1 is 0.486 bits per heavy atom. The number of nitrogens with zero attached hydrogens (tertiary/aromatic N) is 1. The summed E-state index contributed by atoms with van der Waals surface area (Å²) in [7, 11) is -11.6. The summed E-state index contributed by atoms with van der Waals surface area (Å²) in [5.74, 6) is 0. The maximum atomic E-state index is 6.97. The molecule has 0 aliphatic rings. The first-order valence-electron chi connectivity index (χ1n) is 13.6. The highest BCUT2D eigenvalue weighted by atomic mass is 28.4. The summed E-state index contributed by atoms with van der Waals surface area (Å²) in [5, 5.41) is 4.44. The highest BCUT2D eigenvalue weighted by molar-refractivity contribution is 6.71. The Kier molecular flexibility index (Phi) is 14.2. The van der Waals surface area contributed by atoms with Gasteiger partial charge in [-0.3, -0.25) is 0 Å². The molecule has 0 radical (unpaired) electrons. The van der Waals surface area contributed by atoms with Crippen LogP contribution in [0, 0.1) is 0 Å². The first kappa shape index (κ1) is 37.6. The maximum absolute atomic E-state index is 6.97. The zero-order valence-electron chi connectivity index (χ0n) is 27.5. The van der Waals surface area contributed by atoms with E-state index in [4.69, 9.17) is 26.7 Å². The third kappa shape index (κ3) is 21.0. The van der Waals surface area contributed by atoms with Crippen LogP contribution in [0.1, 0.15) is 0 Å². The van der Waals surface area contributed by atoms with Gasteiger partial charge in [-0.1, -0.05) is 0 Å². The Balaban J connectivity index is 6.89. The lowest BCUT2D eigenvalue weighted by molar-refractivity contribution is -0.0731. The molecule has 0 N–H and O–H groups in total. The van der Waals surface area contributed by atoms with Crippen LogP contribution in [0.25, 0.3) is 0 Å². The molecule has 0 amide bonds. The van der Waals surface area contributed by atoms with Gasteiger partial charge in [-0.25, -0.2) is 0 Å². The molecule has 0 saturated heterocycles.